The van der Waals surface area contributed by atoms with Gasteiger partial charge in [-0.05, 0) is 57.1 Å². The Morgan fingerprint density at radius 1 is 1.35 bits per heavy atom. The Bertz CT molecular complexity index is 447. The van der Waals surface area contributed by atoms with Crippen LogP contribution in [0.25, 0.3) is 0 Å². The first kappa shape index (κ1) is 20.5. The molecule has 0 saturated heterocycles. The highest BCUT2D eigenvalue weighted by Crippen LogP contribution is 2.31. The van der Waals surface area contributed by atoms with Crippen LogP contribution in [0, 0.1) is 5.92 Å². The second-order valence-corrected chi connectivity index (χ2v) is 9.25. The van der Waals surface area contributed by atoms with Gasteiger partial charge in [-0.15, -0.1) is 0 Å². The summed E-state index contributed by atoms with van der Waals surface area (Å²) in [4.78, 5) is 11.8. The summed E-state index contributed by atoms with van der Waals surface area (Å²) in [6.07, 6.45) is 11.0. The number of rotatable bonds is 9. The van der Waals surface area contributed by atoms with Gasteiger partial charge < -0.3 is 4.74 Å². The lowest BCUT2D eigenvalue weighted by atomic mass is 9.92. The largest absolute Gasteiger partial charge is 0.379 e. The van der Waals surface area contributed by atoms with Gasteiger partial charge in [0, 0.05) is 12.4 Å². The fourth-order valence-electron chi connectivity index (χ4n) is 2.93. The summed E-state index contributed by atoms with van der Waals surface area (Å²) in [5.41, 5.74) is 2.72. The van der Waals surface area contributed by atoms with Crippen molar-refractivity contribution in [2.24, 2.45) is 5.92 Å². The number of methoxy groups -OCH3 is 1. The molecular formula is C20H34O2S. The van der Waals surface area contributed by atoms with Crippen LogP contribution in [0.2, 0.25) is 0 Å². The molecule has 0 amide bonds. The third-order valence-corrected chi connectivity index (χ3v) is 5.24. The van der Waals surface area contributed by atoms with E-state index in [4.69, 9.17) is 4.74 Å². The quantitative estimate of drug-likeness (QED) is 0.488. The smallest absolute Gasteiger partial charge is 0.212 e. The van der Waals surface area contributed by atoms with Crippen LogP contribution in [-0.2, 0) is 9.53 Å². The molecule has 0 aliphatic heterocycles. The van der Waals surface area contributed by atoms with Gasteiger partial charge in [0.1, 0.15) is 0 Å². The van der Waals surface area contributed by atoms with E-state index >= 15 is 0 Å². The van der Waals surface area contributed by atoms with Crippen LogP contribution in [0.5, 0.6) is 0 Å². The van der Waals surface area contributed by atoms with Gasteiger partial charge >= 0.3 is 0 Å². The molecule has 0 saturated carbocycles. The first-order chi connectivity index (χ1) is 10.7. The van der Waals surface area contributed by atoms with Crippen LogP contribution in [0.3, 0.4) is 0 Å². The Balaban J connectivity index is 2.38. The van der Waals surface area contributed by atoms with Crippen molar-refractivity contribution in [3.8, 4) is 0 Å². The highest BCUT2D eigenvalue weighted by atomic mass is 32.2. The normalized spacial score (nSPS) is 18.6. The zero-order valence-corrected chi connectivity index (χ0v) is 16.6. The van der Waals surface area contributed by atoms with Crippen LogP contribution in [0.4, 0.5) is 0 Å². The van der Waals surface area contributed by atoms with Crippen LogP contribution < -0.4 is 0 Å². The number of hydrogen-bond donors (Lipinski definition) is 0. The van der Waals surface area contributed by atoms with E-state index in [9.17, 15) is 4.79 Å². The average molecular weight is 339 g/mol. The number of carbonyl (C=O) groups is 1. The van der Waals surface area contributed by atoms with Crippen molar-refractivity contribution in [2.75, 3.05) is 7.11 Å². The van der Waals surface area contributed by atoms with E-state index in [1.807, 2.05) is 6.08 Å². The summed E-state index contributed by atoms with van der Waals surface area (Å²) in [6.45, 7) is 10.8. The fourth-order valence-corrected chi connectivity index (χ4v) is 3.62. The maximum absolute atomic E-state index is 11.8. The van der Waals surface area contributed by atoms with E-state index in [1.165, 1.54) is 35.7 Å². The Hall–Kier alpha value is -0.540. The Morgan fingerprint density at radius 3 is 2.65 bits per heavy atom. The molecule has 0 fully saturated rings. The minimum absolute atomic E-state index is 0.00328. The molecule has 1 aliphatic rings. The molecule has 0 N–H and O–H groups in total. The Labute approximate surface area is 147 Å². The van der Waals surface area contributed by atoms with Crippen LogP contribution in [0.1, 0.15) is 73.1 Å². The average Bonchev–Trinajstić information content (AvgIpc) is 2.84. The predicted molar refractivity (Wildman–Crippen MR) is 102 cm³/mol. The summed E-state index contributed by atoms with van der Waals surface area (Å²) < 4.78 is 5.48. The van der Waals surface area contributed by atoms with E-state index in [1.54, 1.807) is 7.11 Å². The summed E-state index contributed by atoms with van der Waals surface area (Å²) in [5.74, 6) is 0.703. The van der Waals surface area contributed by atoms with Crippen molar-refractivity contribution in [3.05, 3.63) is 23.3 Å². The lowest BCUT2D eigenvalue weighted by molar-refractivity contribution is -0.107. The highest BCUT2D eigenvalue weighted by molar-refractivity contribution is 8.14. The van der Waals surface area contributed by atoms with Gasteiger partial charge in [0.05, 0.1) is 5.60 Å². The van der Waals surface area contributed by atoms with Gasteiger partial charge in [-0.25, -0.2) is 0 Å². The third kappa shape index (κ3) is 8.76. The standard InChI is InChI=1S/C20H34O2S/c1-15(2)23-19(21)14-18-10-9-17(13-18)12-16(3)8-7-11-20(4,5)22-6/h13-16H,7-12H2,1-6H3/b18-14+. The van der Waals surface area contributed by atoms with Crippen molar-refractivity contribution in [2.45, 2.75) is 84.0 Å². The van der Waals surface area contributed by atoms with Gasteiger partial charge in [0.15, 0.2) is 0 Å². The zero-order valence-electron chi connectivity index (χ0n) is 15.8. The van der Waals surface area contributed by atoms with Gasteiger partial charge in [0.2, 0.25) is 5.12 Å². The van der Waals surface area contributed by atoms with Gasteiger partial charge in [-0.2, -0.15) is 0 Å². The van der Waals surface area contributed by atoms with Gasteiger partial charge in [-0.3, -0.25) is 4.79 Å². The van der Waals surface area contributed by atoms with Crippen molar-refractivity contribution in [1.29, 1.82) is 0 Å². The number of thioether (sulfide) groups is 1. The number of allylic oxidation sites excluding steroid dienone is 3. The van der Waals surface area contributed by atoms with E-state index in [0.717, 1.165) is 25.7 Å². The summed E-state index contributed by atoms with van der Waals surface area (Å²) in [6, 6.07) is 0. The molecule has 1 unspecified atom stereocenters. The van der Waals surface area contributed by atoms with E-state index in [0.29, 0.717) is 11.2 Å². The molecule has 0 aromatic rings. The summed E-state index contributed by atoms with van der Waals surface area (Å²) in [7, 11) is 1.79. The molecule has 23 heavy (non-hydrogen) atoms. The van der Waals surface area contributed by atoms with Crippen LogP contribution in [-0.4, -0.2) is 23.1 Å². The second kappa shape index (κ2) is 9.68. The SMILES string of the molecule is COC(C)(C)CCCC(C)CC1=C/C(=C/C(=O)SC(C)C)CC1. The molecular weight excluding hydrogens is 304 g/mol. The summed E-state index contributed by atoms with van der Waals surface area (Å²) in [5, 5.41) is 0.558. The molecule has 1 rings (SSSR count). The van der Waals surface area contributed by atoms with Crippen molar-refractivity contribution in [1.82, 2.24) is 0 Å². The Kier molecular flexibility index (Phi) is 8.63. The molecule has 0 radical (unpaired) electrons. The lowest BCUT2D eigenvalue weighted by Crippen LogP contribution is -2.22. The molecule has 2 nitrogen and oxygen atoms in total. The maximum atomic E-state index is 11.8. The van der Waals surface area contributed by atoms with Crippen molar-refractivity contribution in [3.63, 3.8) is 0 Å². The minimum Gasteiger partial charge on any atom is -0.379 e. The molecule has 0 bridgehead atoms. The number of carbonyl (C=O) groups excluding carboxylic acids is 1. The molecule has 0 spiro atoms. The van der Waals surface area contributed by atoms with E-state index in [2.05, 4.69) is 40.7 Å². The zero-order chi connectivity index (χ0) is 17.5. The molecule has 0 aromatic heterocycles. The maximum Gasteiger partial charge on any atom is 0.212 e. The monoisotopic (exact) mass is 338 g/mol. The Morgan fingerprint density at radius 2 is 2.04 bits per heavy atom. The fraction of sp³-hybridized carbons (Fsp3) is 0.750. The van der Waals surface area contributed by atoms with Gasteiger partial charge in [0.25, 0.3) is 0 Å². The minimum atomic E-state index is -0.00328. The van der Waals surface area contributed by atoms with Crippen LogP contribution >= 0.6 is 11.8 Å². The van der Waals surface area contributed by atoms with E-state index in [-0.39, 0.29) is 10.7 Å². The predicted octanol–water partition coefficient (Wildman–Crippen LogP) is 5.92. The third-order valence-electron chi connectivity index (χ3n) is 4.42. The van der Waals surface area contributed by atoms with Crippen molar-refractivity contribution < 1.29 is 9.53 Å². The van der Waals surface area contributed by atoms with Crippen LogP contribution in [0.15, 0.2) is 23.3 Å². The molecule has 0 heterocycles. The molecule has 132 valence electrons. The first-order valence-corrected chi connectivity index (χ1v) is 9.75. The lowest BCUT2D eigenvalue weighted by Gasteiger charge is -2.23. The van der Waals surface area contributed by atoms with Crippen molar-refractivity contribution >= 4 is 16.9 Å². The molecule has 0 aromatic carbocycles. The summed E-state index contributed by atoms with van der Waals surface area (Å²) >= 11 is 1.42. The highest BCUT2D eigenvalue weighted by Gasteiger charge is 2.18. The van der Waals surface area contributed by atoms with Gasteiger partial charge in [-0.1, -0.05) is 57.0 Å². The second-order valence-electron chi connectivity index (χ2n) is 7.67. The molecule has 1 aliphatic carbocycles. The first-order valence-electron chi connectivity index (χ1n) is 8.87. The topological polar surface area (TPSA) is 26.3 Å². The number of hydrogen-bond acceptors (Lipinski definition) is 3. The molecule has 1 atom stereocenters. The molecule has 3 heteroatoms. The number of ether oxygens (including phenoxy) is 1. The van der Waals surface area contributed by atoms with E-state index < -0.39 is 0 Å².